The van der Waals surface area contributed by atoms with E-state index in [1.165, 1.54) is 14.0 Å². The molecule has 15 heteroatoms. The zero-order chi connectivity index (χ0) is 40.3. The number of carbonyl (C=O) groups excluding carboxylic acids is 1. The summed E-state index contributed by atoms with van der Waals surface area (Å²) >= 11 is 0. The lowest BCUT2D eigenvalue weighted by Crippen LogP contribution is -2.70. The number of rotatable bonds is 9. The molecule has 0 aliphatic carbocycles. The Morgan fingerprint density at radius 1 is 0.962 bits per heavy atom. The van der Waals surface area contributed by atoms with Crippen LogP contribution in [0.25, 0.3) is 0 Å². The molecule has 0 aromatic heterocycles. The molecule has 312 valence electrons. The smallest absolute Gasteiger partial charge is 0.311 e. The lowest BCUT2D eigenvalue weighted by Gasteiger charge is -2.53. The van der Waals surface area contributed by atoms with Crippen LogP contribution in [0.4, 0.5) is 0 Å². The van der Waals surface area contributed by atoms with Gasteiger partial charge in [0.05, 0.1) is 42.0 Å². The number of nitrogens with one attached hydrogen (secondary N) is 2. The third kappa shape index (κ3) is 10.7. The number of cyclic esters (lactones) is 1. The second-order valence-corrected chi connectivity index (χ2v) is 17.2. The van der Waals surface area contributed by atoms with Crippen molar-refractivity contribution in [1.82, 2.24) is 15.5 Å². The summed E-state index contributed by atoms with van der Waals surface area (Å²) in [6.45, 7) is 18.2. The van der Waals surface area contributed by atoms with Crippen LogP contribution >= 0.6 is 0 Å². The molecule has 0 saturated carbocycles. The number of ether oxygens (including phenoxy) is 6. The molecule has 3 aliphatic rings. The fourth-order valence-electron chi connectivity index (χ4n) is 8.47. The maximum absolute atomic E-state index is 13.9. The largest absolute Gasteiger partial charge is 0.462 e. The highest BCUT2D eigenvalue weighted by atomic mass is 16.7. The molecule has 0 unspecified atom stereocenters. The van der Waals surface area contributed by atoms with E-state index < -0.39 is 95.8 Å². The van der Waals surface area contributed by atoms with Gasteiger partial charge in [0, 0.05) is 44.6 Å². The minimum absolute atomic E-state index is 0.0921. The molecule has 17 atom stereocenters. The van der Waals surface area contributed by atoms with E-state index in [1.807, 2.05) is 39.8 Å². The molecule has 3 saturated heterocycles. The third-order valence-corrected chi connectivity index (χ3v) is 12.1. The van der Waals surface area contributed by atoms with Gasteiger partial charge in [0.15, 0.2) is 12.6 Å². The molecule has 3 fully saturated rings. The summed E-state index contributed by atoms with van der Waals surface area (Å²) in [6, 6.07) is -0.578. The van der Waals surface area contributed by atoms with Crippen molar-refractivity contribution in [2.24, 2.45) is 17.8 Å². The van der Waals surface area contributed by atoms with E-state index in [1.54, 1.807) is 41.5 Å². The summed E-state index contributed by atoms with van der Waals surface area (Å²) in [5, 5.41) is 64.7. The van der Waals surface area contributed by atoms with Crippen molar-refractivity contribution < 1.29 is 58.7 Å². The fourth-order valence-corrected chi connectivity index (χ4v) is 8.47. The standard InChI is InChI=1S/C38H73N3O12/c1-14-39-19-38(47)26(7)51-28(17-37(38,10)48-13)52-30-24(5)32(53-34-29(42)27(41(11)12)15-23(4)50-34)35(8,45)16-22(3)40-18-21(2)31(43)36(9,46)20-49-33(44)25(30)6/h21-32,34,39-40,42-43,45-47H,14-20H2,1-13H3/t21-,22-,23-,24-,25-,26+,27+,28+,29-,30-,31+,32-,34+,35-,36-,37-,38+/m1/s1. The van der Waals surface area contributed by atoms with E-state index in [4.69, 9.17) is 28.4 Å². The molecule has 0 spiro atoms. The lowest BCUT2D eigenvalue weighted by molar-refractivity contribution is -0.336. The van der Waals surface area contributed by atoms with Crippen LogP contribution in [-0.2, 0) is 33.2 Å². The van der Waals surface area contributed by atoms with E-state index in [0.29, 0.717) is 19.5 Å². The van der Waals surface area contributed by atoms with E-state index in [9.17, 15) is 30.3 Å². The number of aliphatic hydroxyl groups excluding tert-OH is 2. The summed E-state index contributed by atoms with van der Waals surface area (Å²) in [5.41, 5.74) is -5.90. The van der Waals surface area contributed by atoms with Gasteiger partial charge >= 0.3 is 5.97 Å². The number of nitrogens with zero attached hydrogens (tertiary/aromatic N) is 1. The number of likely N-dealkylation sites (N-methyl/N-ethyl adjacent to an activating group) is 2. The number of aliphatic hydroxyl groups is 5. The van der Waals surface area contributed by atoms with Crippen molar-refractivity contribution in [1.29, 1.82) is 0 Å². The molecule has 0 radical (unpaired) electrons. The van der Waals surface area contributed by atoms with E-state index >= 15 is 0 Å². The first-order chi connectivity index (χ1) is 24.4. The average molecular weight is 764 g/mol. The number of carbonyl (C=O) groups is 1. The second-order valence-electron chi connectivity index (χ2n) is 17.2. The molecule has 3 aliphatic heterocycles. The predicted molar refractivity (Wildman–Crippen MR) is 198 cm³/mol. The molecule has 53 heavy (non-hydrogen) atoms. The quantitative estimate of drug-likeness (QED) is 0.162. The molecule has 0 aromatic carbocycles. The summed E-state index contributed by atoms with van der Waals surface area (Å²) in [5.74, 6) is -2.93. The zero-order valence-electron chi connectivity index (χ0n) is 34.5. The first-order valence-corrected chi connectivity index (χ1v) is 19.4. The molecule has 7 N–H and O–H groups in total. The maximum Gasteiger partial charge on any atom is 0.311 e. The van der Waals surface area contributed by atoms with Gasteiger partial charge in [0.1, 0.15) is 29.5 Å². The highest BCUT2D eigenvalue weighted by molar-refractivity contribution is 5.72. The Balaban J connectivity index is 2.12. The SMILES string of the molecule is CCNC[C@]1(O)[C@H](C)O[C@@H](O[C@@H]2[C@@H](C)[C@@H](O[C@@H]3O[C@H](C)C[C@H](N(C)C)[C@H]3O)[C@](C)(O)C[C@@H](C)NC[C@@H](C)[C@H](O)[C@](C)(O)COC(=O)[C@@H]2C)C[C@@]1(C)OC. The van der Waals surface area contributed by atoms with Crippen molar-refractivity contribution in [3.63, 3.8) is 0 Å². The van der Waals surface area contributed by atoms with Crippen LogP contribution in [0.1, 0.15) is 88.5 Å². The summed E-state index contributed by atoms with van der Waals surface area (Å²) < 4.78 is 37.6. The van der Waals surface area contributed by atoms with Gasteiger partial charge in [-0.25, -0.2) is 0 Å². The molecule has 3 heterocycles. The summed E-state index contributed by atoms with van der Waals surface area (Å²) in [4.78, 5) is 15.8. The first kappa shape index (κ1) is 46.3. The van der Waals surface area contributed by atoms with Gasteiger partial charge < -0.3 is 69.5 Å². The Bertz CT molecular complexity index is 1160. The average Bonchev–Trinajstić information content (AvgIpc) is 3.08. The normalized spacial score (nSPS) is 48.5. The molecular weight excluding hydrogens is 690 g/mol. The lowest BCUT2D eigenvalue weighted by atomic mass is 9.75. The Labute approximate surface area is 317 Å². The maximum atomic E-state index is 13.9. The van der Waals surface area contributed by atoms with Gasteiger partial charge in [-0.15, -0.1) is 0 Å². The summed E-state index contributed by atoms with van der Waals surface area (Å²) in [7, 11) is 5.28. The van der Waals surface area contributed by atoms with E-state index in [0.717, 1.165) is 0 Å². The minimum atomic E-state index is -1.76. The van der Waals surface area contributed by atoms with Gasteiger partial charge in [0.2, 0.25) is 0 Å². The van der Waals surface area contributed by atoms with Gasteiger partial charge in [-0.3, -0.25) is 4.79 Å². The number of esters is 1. The third-order valence-electron chi connectivity index (χ3n) is 12.1. The Kier molecular flexibility index (Phi) is 16.2. The number of hydrogen-bond donors (Lipinski definition) is 7. The van der Waals surface area contributed by atoms with Crippen molar-refractivity contribution in [3.05, 3.63) is 0 Å². The molecule has 0 bridgehead atoms. The van der Waals surface area contributed by atoms with Gasteiger partial charge in [0.25, 0.3) is 0 Å². The predicted octanol–water partition coefficient (Wildman–Crippen LogP) is 0.760. The topological polar surface area (TPSA) is 201 Å². The zero-order valence-corrected chi connectivity index (χ0v) is 34.5. The van der Waals surface area contributed by atoms with Crippen LogP contribution < -0.4 is 10.6 Å². The molecule has 3 rings (SSSR count). The van der Waals surface area contributed by atoms with Crippen LogP contribution in [-0.4, -0.2) is 168 Å². The van der Waals surface area contributed by atoms with E-state index in [-0.39, 0.29) is 37.6 Å². The second kappa shape index (κ2) is 18.5. The van der Waals surface area contributed by atoms with Crippen molar-refractivity contribution in [2.45, 2.75) is 172 Å². The Morgan fingerprint density at radius 3 is 2.19 bits per heavy atom. The number of methoxy groups -OCH3 is 1. The first-order valence-electron chi connectivity index (χ1n) is 19.4. The van der Waals surface area contributed by atoms with Crippen LogP contribution in [0.2, 0.25) is 0 Å². The van der Waals surface area contributed by atoms with Gasteiger partial charge in [-0.05, 0) is 87.9 Å². The minimum Gasteiger partial charge on any atom is -0.462 e. The van der Waals surface area contributed by atoms with Crippen LogP contribution in [0.3, 0.4) is 0 Å². The van der Waals surface area contributed by atoms with E-state index in [2.05, 4.69) is 10.6 Å². The Hall–Kier alpha value is -1.05. The summed E-state index contributed by atoms with van der Waals surface area (Å²) in [6.07, 6.45) is -6.69. The highest BCUT2D eigenvalue weighted by Crippen LogP contribution is 2.43. The van der Waals surface area contributed by atoms with Gasteiger partial charge in [-0.1, -0.05) is 20.8 Å². The van der Waals surface area contributed by atoms with Crippen molar-refractivity contribution in [3.8, 4) is 0 Å². The van der Waals surface area contributed by atoms with Crippen LogP contribution in [0.15, 0.2) is 0 Å². The van der Waals surface area contributed by atoms with Crippen molar-refractivity contribution in [2.75, 3.05) is 47.4 Å². The van der Waals surface area contributed by atoms with Crippen molar-refractivity contribution >= 4 is 5.97 Å². The molecule has 15 nitrogen and oxygen atoms in total. The van der Waals surface area contributed by atoms with Crippen LogP contribution in [0.5, 0.6) is 0 Å². The van der Waals surface area contributed by atoms with Crippen LogP contribution in [0, 0.1) is 17.8 Å². The number of hydrogen-bond acceptors (Lipinski definition) is 15. The monoisotopic (exact) mass is 764 g/mol. The molecule has 0 amide bonds. The fraction of sp³-hybridized carbons (Fsp3) is 0.974. The highest BCUT2D eigenvalue weighted by Gasteiger charge is 2.58. The van der Waals surface area contributed by atoms with Gasteiger partial charge in [-0.2, -0.15) is 0 Å². The Morgan fingerprint density at radius 2 is 1.60 bits per heavy atom. The molecule has 0 aromatic rings. The molecular formula is C38H73N3O12.